The molecule has 0 amide bonds. The number of benzene rings is 1. The van der Waals surface area contributed by atoms with Crippen LogP contribution in [0.1, 0.15) is 24.2 Å². The van der Waals surface area contributed by atoms with Gasteiger partial charge in [-0.25, -0.2) is 0 Å². The summed E-state index contributed by atoms with van der Waals surface area (Å²) >= 11 is 5.95. The molecule has 0 spiro atoms. The van der Waals surface area contributed by atoms with Crippen molar-refractivity contribution < 1.29 is 0 Å². The summed E-state index contributed by atoms with van der Waals surface area (Å²) < 4.78 is 0. The van der Waals surface area contributed by atoms with Gasteiger partial charge >= 0.3 is 0 Å². The number of halogens is 1. The van der Waals surface area contributed by atoms with E-state index in [0.717, 1.165) is 11.6 Å². The van der Waals surface area contributed by atoms with Crippen LogP contribution in [-0.2, 0) is 6.54 Å². The molecule has 2 aromatic rings. The minimum Gasteiger partial charge on any atom is -0.364 e. The lowest BCUT2D eigenvalue weighted by molar-refractivity contribution is 0.569. The zero-order chi connectivity index (χ0) is 11.4. The summed E-state index contributed by atoms with van der Waals surface area (Å²) in [6.07, 6.45) is 1.93. The fourth-order valence-electron chi connectivity index (χ4n) is 1.63. The Morgan fingerprint density at radius 3 is 2.88 bits per heavy atom. The molecule has 16 heavy (non-hydrogen) atoms. The van der Waals surface area contributed by atoms with Crippen LogP contribution in [0.3, 0.4) is 0 Å². The maximum Gasteiger partial charge on any atom is 0.0409 e. The summed E-state index contributed by atoms with van der Waals surface area (Å²) in [5.41, 5.74) is 2.40. The topological polar surface area (TPSA) is 27.8 Å². The number of aromatic nitrogens is 1. The standard InChI is InChI=1S/C13H15ClN2/c1-10(11-4-2-5-12(14)8-11)16-9-13-6-3-7-15-13/h2-8,10,15-16H,9H2,1H3/t10-/m1/s1. The molecule has 0 aliphatic carbocycles. The zero-order valence-electron chi connectivity index (χ0n) is 9.20. The highest BCUT2D eigenvalue weighted by Crippen LogP contribution is 2.17. The van der Waals surface area contributed by atoms with Crippen molar-refractivity contribution in [1.82, 2.24) is 10.3 Å². The van der Waals surface area contributed by atoms with Crippen molar-refractivity contribution in [2.45, 2.75) is 19.5 Å². The fourth-order valence-corrected chi connectivity index (χ4v) is 1.83. The third-order valence-electron chi connectivity index (χ3n) is 2.61. The Bertz CT molecular complexity index is 437. The van der Waals surface area contributed by atoms with E-state index >= 15 is 0 Å². The maximum absolute atomic E-state index is 5.95. The van der Waals surface area contributed by atoms with Crippen molar-refractivity contribution in [3.8, 4) is 0 Å². The van der Waals surface area contributed by atoms with Crippen LogP contribution in [0.5, 0.6) is 0 Å². The van der Waals surface area contributed by atoms with E-state index in [1.165, 1.54) is 11.3 Å². The molecule has 0 aliphatic rings. The quantitative estimate of drug-likeness (QED) is 0.833. The van der Waals surface area contributed by atoms with Gasteiger partial charge in [0.1, 0.15) is 0 Å². The molecular weight excluding hydrogens is 220 g/mol. The van der Waals surface area contributed by atoms with Gasteiger partial charge in [0.05, 0.1) is 0 Å². The first-order chi connectivity index (χ1) is 7.75. The normalized spacial score (nSPS) is 12.6. The summed E-state index contributed by atoms with van der Waals surface area (Å²) in [6, 6.07) is 12.3. The first-order valence-electron chi connectivity index (χ1n) is 5.37. The van der Waals surface area contributed by atoms with Crippen LogP contribution in [-0.4, -0.2) is 4.98 Å². The Morgan fingerprint density at radius 2 is 2.19 bits per heavy atom. The van der Waals surface area contributed by atoms with Gasteiger partial charge in [-0.2, -0.15) is 0 Å². The van der Waals surface area contributed by atoms with Gasteiger partial charge in [-0.1, -0.05) is 23.7 Å². The van der Waals surface area contributed by atoms with Crippen molar-refractivity contribution >= 4 is 11.6 Å². The first-order valence-corrected chi connectivity index (χ1v) is 5.74. The molecular formula is C13H15ClN2. The molecule has 0 bridgehead atoms. The molecule has 1 atom stereocenters. The second kappa shape index (κ2) is 5.19. The lowest BCUT2D eigenvalue weighted by Crippen LogP contribution is -2.18. The maximum atomic E-state index is 5.95. The summed E-state index contributed by atoms with van der Waals surface area (Å²) in [4.78, 5) is 3.17. The molecule has 1 aromatic carbocycles. The van der Waals surface area contributed by atoms with Crippen molar-refractivity contribution in [1.29, 1.82) is 0 Å². The van der Waals surface area contributed by atoms with Crippen molar-refractivity contribution in [3.63, 3.8) is 0 Å². The molecule has 0 fully saturated rings. The molecule has 84 valence electrons. The average Bonchev–Trinajstić information content (AvgIpc) is 2.78. The van der Waals surface area contributed by atoms with Gasteiger partial charge < -0.3 is 10.3 Å². The van der Waals surface area contributed by atoms with Crippen molar-refractivity contribution in [2.24, 2.45) is 0 Å². The monoisotopic (exact) mass is 234 g/mol. The Balaban J connectivity index is 1.95. The minimum absolute atomic E-state index is 0.294. The molecule has 2 rings (SSSR count). The van der Waals surface area contributed by atoms with E-state index < -0.39 is 0 Å². The van der Waals surface area contributed by atoms with Gasteiger partial charge in [0, 0.05) is 29.5 Å². The highest BCUT2D eigenvalue weighted by Gasteiger charge is 2.05. The molecule has 0 saturated heterocycles. The van der Waals surface area contributed by atoms with Crippen molar-refractivity contribution in [2.75, 3.05) is 0 Å². The molecule has 1 aromatic heterocycles. The fraction of sp³-hybridized carbons (Fsp3) is 0.231. The van der Waals surface area contributed by atoms with E-state index in [2.05, 4.69) is 29.4 Å². The SMILES string of the molecule is C[C@@H](NCc1ccc[nH]1)c1cccc(Cl)c1. The molecule has 0 radical (unpaired) electrons. The molecule has 1 heterocycles. The second-order valence-corrected chi connectivity index (χ2v) is 4.29. The van der Waals surface area contributed by atoms with E-state index in [1.54, 1.807) is 0 Å². The number of nitrogens with one attached hydrogen (secondary N) is 2. The highest BCUT2D eigenvalue weighted by atomic mass is 35.5. The number of hydrogen-bond donors (Lipinski definition) is 2. The Hall–Kier alpha value is -1.25. The third kappa shape index (κ3) is 2.87. The largest absolute Gasteiger partial charge is 0.364 e. The smallest absolute Gasteiger partial charge is 0.0409 e. The summed E-state index contributed by atoms with van der Waals surface area (Å²) in [7, 11) is 0. The van der Waals surface area contributed by atoms with Gasteiger partial charge in [0.2, 0.25) is 0 Å². The molecule has 2 N–H and O–H groups in total. The molecule has 0 saturated carbocycles. The summed E-state index contributed by atoms with van der Waals surface area (Å²) in [6.45, 7) is 2.97. The minimum atomic E-state index is 0.294. The predicted octanol–water partition coefficient (Wildman–Crippen LogP) is 3.52. The zero-order valence-corrected chi connectivity index (χ0v) is 9.96. The van der Waals surface area contributed by atoms with Gasteiger partial charge in [-0.05, 0) is 36.8 Å². The lowest BCUT2D eigenvalue weighted by atomic mass is 10.1. The first kappa shape index (κ1) is 11.2. The average molecular weight is 235 g/mol. The third-order valence-corrected chi connectivity index (χ3v) is 2.84. The van der Waals surface area contributed by atoms with Gasteiger partial charge in [-0.3, -0.25) is 0 Å². The van der Waals surface area contributed by atoms with Crippen LogP contribution >= 0.6 is 11.6 Å². The molecule has 0 unspecified atom stereocenters. The van der Waals surface area contributed by atoms with Crippen LogP contribution < -0.4 is 5.32 Å². The Labute approximate surface area is 101 Å². The van der Waals surface area contributed by atoms with Gasteiger partial charge in [-0.15, -0.1) is 0 Å². The Kier molecular flexibility index (Phi) is 3.65. The van der Waals surface area contributed by atoms with E-state index in [1.807, 2.05) is 30.5 Å². The molecule has 2 nitrogen and oxygen atoms in total. The lowest BCUT2D eigenvalue weighted by Gasteiger charge is -2.13. The summed E-state index contributed by atoms with van der Waals surface area (Å²) in [5.74, 6) is 0. The molecule has 0 aliphatic heterocycles. The number of H-pyrrole nitrogens is 1. The van der Waals surface area contributed by atoms with Crippen LogP contribution in [0, 0.1) is 0 Å². The highest BCUT2D eigenvalue weighted by molar-refractivity contribution is 6.30. The van der Waals surface area contributed by atoms with Crippen LogP contribution in [0.15, 0.2) is 42.6 Å². The number of rotatable bonds is 4. The van der Waals surface area contributed by atoms with Crippen LogP contribution in [0.2, 0.25) is 5.02 Å². The van der Waals surface area contributed by atoms with E-state index in [0.29, 0.717) is 6.04 Å². The van der Waals surface area contributed by atoms with Crippen molar-refractivity contribution in [3.05, 3.63) is 58.9 Å². The summed E-state index contributed by atoms with van der Waals surface area (Å²) in [5, 5.41) is 4.22. The predicted molar refractivity (Wildman–Crippen MR) is 67.5 cm³/mol. The van der Waals surface area contributed by atoms with E-state index in [-0.39, 0.29) is 0 Å². The van der Waals surface area contributed by atoms with Gasteiger partial charge in [0.15, 0.2) is 0 Å². The second-order valence-electron chi connectivity index (χ2n) is 3.85. The van der Waals surface area contributed by atoms with Crippen LogP contribution in [0.4, 0.5) is 0 Å². The Morgan fingerprint density at radius 1 is 1.31 bits per heavy atom. The van der Waals surface area contributed by atoms with Crippen LogP contribution in [0.25, 0.3) is 0 Å². The number of hydrogen-bond acceptors (Lipinski definition) is 1. The van der Waals surface area contributed by atoms with Gasteiger partial charge in [0.25, 0.3) is 0 Å². The van der Waals surface area contributed by atoms with E-state index in [4.69, 9.17) is 11.6 Å². The van der Waals surface area contributed by atoms with E-state index in [9.17, 15) is 0 Å². The number of aromatic amines is 1. The molecule has 3 heteroatoms.